The topological polar surface area (TPSA) is 23.6 Å². The van der Waals surface area contributed by atoms with Crippen LogP contribution in [0.15, 0.2) is 0 Å². The van der Waals surface area contributed by atoms with Gasteiger partial charge in [-0.05, 0) is 12.2 Å². The lowest BCUT2D eigenvalue weighted by Crippen LogP contribution is -2.49. The molecule has 0 aliphatic carbocycles. The molecule has 2 atom stereocenters. The van der Waals surface area contributed by atoms with Gasteiger partial charge in [0.15, 0.2) is 0 Å². The number of hydrogen-bond acceptors (Lipinski definition) is 3. The van der Waals surface area contributed by atoms with Gasteiger partial charge in [-0.25, -0.2) is 0 Å². The highest BCUT2D eigenvalue weighted by molar-refractivity contribution is 7.80. The number of rotatable bonds is 2. The maximum atomic E-state index is 11.6. The van der Waals surface area contributed by atoms with E-state index in [1.165, 1.54) is 6.54 Å². The van der Waals surface area contributed by atoms with Crippen LogP contribution in [-0.2, 0) is 4.79 Å². The van der Waals surface area contributed by atoms with E-state index in [-0.39, 0.29) is 0 Å². The van der Waals surface area contributed by atoms with Crippen LogP contribution in [0.25, 0.3) is 0 Å². The van der Waals surface area contributed by atoms with Crippen LogP contribution >= 0.6 is 12.6 Å². The lowest BCUT2D eigenvalue weighted by Gasteiger charge is -2.34. The van der Waals surface area contributed by atoms with E-state index >= 15 is 0 Å². The monoisotopic (exact) mass is 200 g/mol. The number of thiol groups is 1. The number of carbonyl (C=O) groups excluding carboxylic acids is 1. The fourth-order valence-corrected chi connectivity index (χ4v) is 2.46. The van der Waals surface area contributed by atoms with Crippen molar-refractivity contribution in [3.05, 3.63) is 0 Å². The predicted octanol–water partition coefficient (Wildman–Crippen LogP) is 0.223. The van der Waals surface area contributed by atoms with Crippen molar-refractivity contribution in [3.8, 4) is 0 Å². The molecule has 0 radical (unpaired) electrons. The van der Waals surface area contributed by atoms with Gasteiger partial charge in [0.1, 0.15) is 0 Å². The van der Waals surface area contributed by atoms with Gasteiger partial charge >= 0.3 is 0 Å². The summed E-state index contributed by atoms with van der Waals surface area (Å²) in [7, 11) is 0. The molecule has 2 saturated heterocycles. The zero-order valence-corrected chi connectivity index (χ0v) is 8.67. The van der Waals surface area contributed by atoms with Crippen molar-refractivity contribution >= 4 is 18.5 Å². The predicted molar refractivity (Wildman–Crippen MR) is 55.0 cm³/mol. The summed E-state index contributed by atoms with van der Waals surface area (Å²) in [6.45, 7) is 4.26. The standard InChI is InChI=1S/C9H16N2OS/c12-9(2-6-13)11-5-4-10-3-1-8(11)7-10/h8,13H,1-7H2. The van der Waals surface area contributed by atoms with E-state index in [2.05, 4.69) is 22.4 Å². The zero-order valence-electron chi connectivity index (χ0n) is 7.78. The van der Waals surface area contributed by atoms with Gasteiger partial charge in [0.2, 0.25) is 5.91 Å². The molecule has 3 nitrogen and oxygen atoms in total. The number of nitrogens with zero attached hydrogens (tertiary/aromatic N) is 2. The molecule has 0 aromatic carbocycles. The van der Waals surface area contributed by atoms with Crippen molar-refractivity contribution in [2.45, 2.75) is 18.9 Å². The van der Waals surface area contributed by atoms with Crippen molar-refractivity contribution < 1.29 is 4.79 Å². The number of hydrogen-bond donors (Lipinski definition) is 1. The van der Waals surface area contributed by atoms with Crippen molar-refractivity contribution in [1.29, 1.82) is 0 Å². The van der Waals surface area contributed by atoms with E-state index < -0.39 is 0 Å². The van der Waals surface area contributed by atoms with Crippen molar-refractivity contribution in [2.75, 3.05) is 31.9 Å². The molecule has 2 bridgehead atoms. The van der Waals surface area contributed by atoms with Gasteiger partial charge in [-0.3, -0.25) is 9.69 Å². The van der Waals surface area contributed by atoms with Crippen LogP contribution in [0.1, 0.15) is 12.8 Å². The summed E-state index contributed by atoms with van der Waals surface area (Å²) >= 11 is 4.09. The molecule has 0 N–H and O–H groups in total. The Morgan fingerprint density at radius 2 is 2.23 bits per heavy atom. The minimum Gasteiger partial charge on any atom is -0.337 e. The number of carbonyl (C=O) groups is 1. The molecule has 2 aliphatic rings. The van der Waals surface area contributed by atoms with E-state index in [4.69, 9.17) is 0 Å². The Morgan fingerprint density at radius 3 is 3.00 bits per heavy atom. The Bertz CT molecular complexity index is 210. The van der Waals surface area contributed by atoms with Gasteiger partial charge in [0.05, 0.1) is 0 Å². The van der Waals surface area contributed by atoms with Gasteiger partial charge in [0, 0.05) is 38.6 Å². The summed E-state index contributed by atoms with van der Waals surface area (Å²) < 4.78 is 0. The van der Waals surface area contributed by atoms with Crippen molar-refractivity contribution in [1.82, 2.24) is 9.80 Å². The molecule has 2 heterocycles. The first kappa shape index (κ1) is 9.34. The fourth-order valence-electron chi connectivity index (χ4n) is 2.27. The quantitative estimate of drug-likeness (QED) is 0.645. The average molecular weight is 200 g/mol. The lowest BCUT2D eigenvalue weighted by atomic mass is 10.2. The summed E-state index contributed by atoms with van der Waals surface area (Å²) in [5, 5.41) is 0. The average Bonchev–Trinajstić information content (AvgIpc) is 2.48. The molecule has 2 fully saturated rings. The molecule has 0 aromatic heterocycles. The summed E-state index contributed by atoms with van der Waals surface area (Å²) in [6.07, 6.45) is 1.76. The molecular weight excluding hydrogens is 184 g/mol. The molecule has 0 saturated carbocycles. The van der Waals surface area contributed by atoms with Crippen LogP contribution in [0, 0.1) is 0 Å². The van der Waals surface area contributed by atoms with Crippen LogP contribution in [-0.4, -0.2) is 53.7 Å². The molecular formula is C9H16N2OS. The second-order valence-electron chi connectivity index (χ2n) is 3.80. The Hall–Kier alpha value is -0.220. The summed E-state index contributed by atoms with van der Waals surface area (Å²) in [6, 6.07) is 0.501. The molecule has 0 spiro atoms. The Balaban J connectivity index is 1.95. The first-order chi connectivity index (χ1) is 6.31. The molecule has 1 amide bonds. The van der Waals surface area contributed by atoms with Gasteiger partial charge in [-0.1, -0.05) is 0 Å². The molecule has 4 heteroatoms. The minimum atomic E-state index is 0.293. The normalized spacial score (nSPS) is 32.2. The number of fused-ring (bicyclic) bond motifs is 2. The van der Waals surface area contributed by atoms with Crippen LogP contribution < -0.4 is 0 Å². The van der Waals surface area contributed by atoms with Gasteiger partial charge in [0.25, 0.3) is 0 Å². The second kappa shape index (κ2) is 3.88. The smallest absolute Gasteiger partial charge is 0.223 e. The van der Waals surface area contributed by atoms with Crippen LogP contribution in [0.4, 0.5) is 0 Å². The van der Waals surface area contributed by atoms with Crippen LogP contribution in [0.3, 0.4) is 0 Å². The third-order valence-corrected chi connectivity index (χ3v) is 3.22. The van der Waals surface area contributed by atoms with E-state index in [0.717, 1.165) is 26.1 Å². The Morgan fingerprint density at radius 1 is 1.38 bits per heavy atom. The zero-order chi connectivity index (χ0) is 9.26. The molecule has 0 aromatic rings. The van der Waals surface area contributed by atoms with E-state index in [1.54, 1.807) is 0 Å². The van der Waals surface area contributed by atoms with Gasteiger partial charge in [-0.2, -0.15) is 12.6 Å². The maximum absolute atomic E-state index is 11.6. The Kier molecular flexibility index (Phi) is 2.79. The van der Waals surface area contributed by atoms with Gasteiger partial charge < -0.3 is 4.90 Å². The summed E-state index contributed by atoms with van der Waals surface area (Å²) in [5.41, 5.74) is 0. The summed E-state index contributed by atoms with van der Waals surface area (Å²) in [5.74, 6) is 0.965. The second-order valence-corrected chi connectivity index (χ2v) is 4.25. The first-order valence-electron chi connectivity index (χ1n) is 4.94. The highest BCUT2D eigenvalue weighted by Crippen LogP contribution is 2.20. The molecule has 2 rings (SSSR count). The van der Waals surface area contributed by atoms with Gasteiger partial charge in [-0.15, -0.1) is 0 Å². The van der Waals surface area contributed by atoms with Crippen molar-refractivity contribution in [3.63, 3.8) is 0 Å². The van der Waals surface area contributed by atoms with Crippen LogP contribution in [0.2, 0.25) is 0 Å². The minimum absolute atomic E-state index is 0.293. The molecule has 74 valence electrons. The first-order valence-corrected chi connectivity index (χ1v) is 5.57. The number of amides is 1. The SMILES string of the molecule is O=C(CCS)N1CCN2CCC1C2. The highest BCUT2D eigenvalue weighted by atomic mass is 32.1. The third kappa shape index (κ3) is 1.83. The van der Waals surface area contributed by atoms with E-state index in [1.807, 2.05) is 0 Å². The van der Waals surface area contributed by atoms with E-state index in [0.29, 0.717) is 24.1 Å². The summed E-state index contributed by atoms with van der Waals surface area (Å²) in [4.78, 5) is 16.1. The van der Waals surface area contributed by atoms with Crippen molar-refractivity contribution in [2.24, 2.45) is 0 Å². The van der Waals surface area contributed by atoms with Crippen LogP contribution in [0.5, 0.6) is 0 Å². The molecule has 13 heavy (non-hydrogen) atoms. The number of piperazine rings is 1. The highest BCUT2D eigenvalue weighted by Gasteiger charge is 2.34. The molecule has 2 unspecified atom stereocenters. The fraction of sp³-hybridized carbons (Fsp3) is 0.889. The molecule has 2 aliphatic heterocycles. The maximum Gasteiger partial charge on any atom is 0.223 e. The third-order valence-electron chi connectivity index (χ3n) is 2.99. The van der Waals surface area contributed by atoms with E-state index in [9.17, 15) is 4.79 Å². The Labute approximate surface area is 84.5 Å². The lowest BCUT2D eigenvalue weighted by molar-refractivity contribution is -0.134. The largest absolute Gasteiger partial charge is 0.337 e.